The average Bonchev–Trinajstić information content (AvgIpc) is 3.37. The maximum atomic E-state index is 10.5. The van der Waals surface area contributed by atoms with Crippen LogP contribution in [0.1, 0.15) is 30.1 Å². The van der Waals surface area contributed by atoms with Crippen molar-refractivity contribution in [3.63, 3.8) is 0 Å². The van der Waals surface area contributed by atoms with Gasteiger partial charge >= 0.3 is 0 Å². The summed E-state index contributed by atoms with van der Waals surface area (Å²) in [6.45, 7) is 2.80. The van der Waals surface area contributed by atoms with Gasteiger partial charge in [0.25, 0.3) is 0 Å². The third-order valence-electron chi connectivity index (χ3n) is 4.54. The van der Waals surface area contributed by atoms with Crippen molar-refractivity contribution < 1.29 is 9.84 Å². The van der Waals surface area contributed by atoms with Crippen LogP contribution in [0.5, 0.6) is 5.75 Å². The molecule has 2 aromatic carbocycles. The Morgan fingerprint density at radius 3 is 2.64 bits per heavy atom. The van der Waals surface area contributed by atoms with Crippen molar-refractivity contribution in [3.8, 4) is 5.75 Å². The van der Waals surface area contributed by atoms with E-state index in [2.05, 4.69) is 10.6 Å². The minimum absolute atomic E-state index is 0. The number of benzene rings is 2. The molecule has 1 atom stereocenters. The van der Waals surface area contributed by atoms with E-state index in [-0.39, 0.29) is 19.0 Å². The van der Waals surface area contributed by atoms with Crippen molar-refractivity contribution in [1.82, 2.24) is 9.55 Å². The summed E-state index contributed by atoms with van der Waals surface area (Å²) in [6.07, 6.45) is 1.82. The molecule has 1 N–H and O–H groups in total. The zero-order chi connectivity index (χ0) is 16.5. The number of imidazole rings is 1. The van der Waals surface area contributed by atoms with Crippen LogP contribution >= 0.6 is 12.4 Å². The average molecular weight is 359 g/mol. The molecule has 1 saturated carbocycles. The molecule has 0 spiro atoms. The molecule has 0 saturated heterocycles. The van der Waals surface area contributed by atoms with E-state index in [1.807, 2.05) is 49.4 Å². The number of ether oxygens (including phenoxy) is 1. The minimum atomic E-state index is -0.570. The molecule has 0 amide bonds. The fourth-order valence-electron chi connectivity index (χ4n) is 3.11. The number of aryl methyl sites for hydroxylation is 1. The standard InChI is InChI=1S/C20H22N2O2.ClH/c1-14-6-2-5-9-19(14)24-13-16(23)12-22-18-8-4-3-7-17(18)21-20(22)15-10-11-15;/h2-9,15-16,23H,10-13H2,1H3;1H. The zero-order valence-corrected chi connectivity index (χ0v) is 15.1. The van der Waals surface area contributed by atoms with Crippen LogP contribution in [0.3, 0.4) is 0 Å². The van der Waals surface area contributed by atoms with Gasteiger partial charge in [0, 0.05) is 5.92 Å². The summed E-state index contributed by atoms with van der Waals surface area (Å²) in [4.78, 5) is 4.77. The second kappa shape index (κ2) is 7.46. The number of para-hydroxylation sites is 3. The molecule has 132 valence electrons. The highest BCUT2D eigenvalue weighted by atomic mass is 35.5. The lowest BCUT2D eigenvalue weighted by atomic mass is 10.2. The molecule has 1 heterocycles. The Labute approximate surface area is 153 Å². The van der Waals surface area contributed by atoms with Crippen LogP contribution in [-0.2, 0) is 6.54 Å². The first kappa shape index (κ1) is 17.8. The molecule has 4 nitrogen and oxygen atoms in total. The SMILES string of the molecule is Cc1ccccc1OCC(O)Cn1c(C2CC2)nc2ccccc21.Cl. The van der Waals surface area contributed by atoms with Crippen molar-refractivity contribution in [2.75, 3.05) is 6.61 Å². The predicted molar refractivity (Wildman–Crippen MR) is 102 cm³/mol. The summed E-state index contributed by atoms with van der Waals surface area (Å²) < 4.78 is 7.96. The van der Waals surface area contributed by atoms with Crippen molar-refractivity contribution in [3.05, 3.63) is 59.9 Å². The third-order valence-corrected chi connectivity index (χ3v) is 4.54. The number of aliphatic hydroxyl groups excluding tert-OH is 1. The Balaban J connectivity index is 0.00000182. The van der Waals surface area contributed by atoms with Crippen LogP contribution in [0.25, 0.3) is 11.0 Å². The molecule has 0 aliphatic heterocycles. The van der Waals surface area contributed by atoms with Gasteiger partial charge in [-0.25, -0.2) is 4.98 Å². The molecular weight excluding hydrogens is 336 g/mol. The number of aromatic nitrogens is 2. The second-order valence-corrected chi connectivity index (χ2v) is 6.57. The van der Waals surface area contributed by atoms with E-state index >= 15 is 0 Å². The van der Waals surface area contributed by atoms with Crippen LogP contribution in [-0.4, -0.2) is 27.4 Å². The molecule has 1 aliphatic carbocycles. The van der Waals surface area contributed by atoms with Gasteiger partial charge in [0.05, 0.1) is 17.6 Å². The summed E-state index contributed by atoms with van der Waals surface area (Å²) >= 11 is 0. The monoisotopic (exact) mass is 358 g/mol. The summed E-state index contributed by atoms with van der Waals surface area (Å²) in [7, 11) is 0. The number of hydrogen-bond donors (Lipinski definition) is 1. The molecule has 1 unspecified atom stereocenters. The zero-order valence-electron chi connectivity index (χ0n) is 14.3. The van der Waals surface area contributed by atoms with E-state index in [9.17, 15) is 5.11 Å². The summed E-state index contributed by atoms with van der Waals surface area (Å²) in [5, 5.41) is 10.5. The largest absolute Gasteiger partial charge is 0.491 e. The summed E-state index contributed by atoms with van der Waals surface area (Å²) in [5.74, 6) is 2.47. The second-order valence-electron chi connectivity index (χ2n) is 6.57. The van der Waals surface area contributed by atoms with Gasteiger partial charge in [0.2, 0.25) is 0 Å². The maximum Gasteiger partial charge on any atom is 0.122 e. The van der Waals surface area contributed by atoms with Crippen LogP contribution in [0.4, 0.5) is 0 Å². The van der Waals surface area contributed by atoms with Gasteiger partial charge in [-0.05, 0) is 43.5 Å². The summed E-state index contributed by atoms with van der Waals surface area (Å²) in [6, 6.07) is 16.0. The third kappa shape index (κ3) is 3.80. The molecule has 1 aromatic heterocycles. The lowest BCUT2D eigenvalue weighted by Gasteiger charge is -2.16. The predicted octanol–water partition coefficient (Wildman–Crippen LogP) is 4.08. The van der Waals surface area contributed by atoms with Crippen LogP contribution in [0, 0.1) is 6.92 Å². The number of aliphatic hydroxyl groups is 1. The first-order chi connectivity index (χ1) is 11.7. The topological polar surface area (TPSA) is 47.3 Å². The first-order valence-electron chi connectivity index (χ1n) is 8.54. The van der Waals surface area contributed by atoms with Gasteiger partial charge in [-0.2, -0.15) is 0 Å². The smallest absolute Gasteiger partial charge is 0.122 e. The first-order valence-corrected chi connectivity index (χ1v) is 8.54. The fraction of sp³-hybridized carbons (Fsp3) is 0.350. The highest BCUT2D eigenvalue weighted by Crippen LogP contribution is 2.40. The normalized spacial score (nSPS) is 15.0. The Kier molecular flexibility index (Phi) is 5.30. The molecule has 4 rings (SSSR count). The Morgan fingerprint density at radius 2 is 1.88 bits per heavy atom. The highest BCUT2D eigenvalue weighted by Gasteiger charge is 2.30. The van der Waals surface area contributed by atoms with E-state index in [1.165, 1.54) is 12.8 Å². The highest BCUT2D eigenvalue weighted by molar-refractivity contribution is 5.85. The van der Waals surface area contributed by atoms with Crippen LogP contribution < -0.4 is 4.74 Å². The molecule has 3 aromatic rings. The van der Waals surface area contributed by atoms with Gasteiger partial charge in [-0.1, -0.05) is 30.3 Å². The Morgan fingerprint density at radius 1 is 1.16 bits per heavy atom. The maximum absolute atomic E-state index is 10.5. The number of halogens is 1. The minimum Gasteiger partial charge on any atom is -0.491 e. The van der Waals surface area contributed by atoms with Gasteiger partial charge in [-0.3, -0.25) is 0 Å². The van der Waals surface area contributed by atoms with E-state index in [1.54, 1.807) is 0 Å². The number of hydrogen-bond acceptors (Lipinski definition) is 3. The lowest BCUT2D eigenvalue weighted by Crippen LogP contribution is -2.24. The molecule has 25 heavy (non-hydrogen) atoms. The number of fused-ring (bicyclic) bond motifs is 1. The van der Waals surface area contributed by atoms with Gasteiger partial charge < -0.3 is 14.4 Å². The van der Waals surface area contributed by atoms with Crippen molar-refractivity contribution >= 4 is 23.4 Å². The van der Waals surface area contributed by atoms with Crippen LogP contribution in [0.2, 0.25) is 0 Å². The van der Waals surface area contributed by atoms with Crippen molar-refractivity contribution in [1.29, 1.82) is 0 Å². The number of rotatable bonds is 6. The van der Waals surface area contributed by atoms with E-state index in [4.69, 9.17) is 9.72 Å². The van der Waals surface area contributed by atoms with Crippen molar-refractivity contribution in [2.45, 2.75) is 38.3 Å². The fourth-order valence-corrected chi connectivity index (χ4v) is 3.11. The van der Waals surface area contributed by atoms with Crippen molar-refractivity contribution in [2.24, 2.45) is 0 Å². The lowest BCUT2D eigenvalue weighted by molar-refractivity contribution is 0.0924. The van der Waals surface area contributed by atoms with Gasteiger partial charge in [-0.15, -0.1) is 12.4 Å². The quantitative estimate of drug-likeness (QED) is 0.722. The van der Waals surface area contributed by atoms with E-state index in [0.717, 1.165) is 28.2 Å². The number of nitrogens with zero attached hydrogens (tertiary/aromatic N) is 2. The van der Waals surface area contributed by atoms with E-state index in [0.29, 0.717) is 12.5 Å². The molecular formula is C20H23ClN2O2. The summed E-state index contributed by atoms with van der Waals surface area (Å²) in [5.41, 5.74) is 3.18. The van der Waals surface area contributed by atoms with E-state index < -0.39 is 6.10 Å². The Hall–Kier alpha value is -2.04. The molecule has 1 aliphatic rings. The Bertz CT molecular complexity index is 858. The van der Waals surface area contributed by atoms with Crippen LogP contribution in [0.15, 0.2) is 48.5 Å². The molecule has 5 heteroatoms. The molecule has 0 bridgehead atoms. The van der Waals surface area contributed by atoms with Gasteiger partial charge in [0.1, 0.15) is 24.3 Å². The van der Waals surface area contributed by atoms with Gasteiger partial charge in [0.15, 0.2) is 0 Å². The molecule has 0 radical (unpaired) electrons. The molecule has 1 fully saturated rings.